The highest BCUT2D eigenvalue weighted by atomic mass is 16.5. The Hall–Kier alpha value is -2.34. The number of ether oxygens (including phenoxy) is 1. The van der Waals surface area contributed by atoms with E-state index in [1.54, 1.807) is 18.5 Å². The fraction of sp³-hybridized carbons (Fsp3) is 0.500. The number of furan rings is 1. The molecule has 2 fully saturated rings. The number of pyridine rings is 1. The molecule has 26 heavy (non-hydrogen) atoms. The SMILES string of the molecule is Cc1occc1C(=O)N1CCCC2(COCCN(c3cccnc3)C2)C1. The third-order valence-corrected chi connectivity index (χ3v) is 5.49. The normalized spacial score (nSPS) is 23.9. The van der Waals surface area contributed by atoms with E-state index >= 15 is 0 Å². The predicted molar refractivity (Wildman–Crippen MR) is 98.3 cm³/mol. The average molecular weight is 355 g/mol. The van der Waals surface area contributed by atoms with Gasteiger partial charge < -0.3 is 19.0 Å². The number of aromatic nitrogens is 1. The number of anilines is 1. The summed E-state index contributed by atoms with van der Waals surface area (Å²) in [5, 5.41) is 0. The summed E-state index contributed by atoms with van der Waals surface area (Å²) >= 11 is 0. The summed E-state index contributed by atoms with van der Waals surface area (Å²) in [6, 6.07) is 5.82. The van der Waals surface area contributed by atoms with E-state index in [1.807, 2.05) is 24.1 Å². The van der Waals surface area contributed by atoms with Gasteiger partial charge in [-0.2, -0.15) is 0 Å². The van der Waals surface area contributed by atoms with Gasteiger partial charge in [0.2, 0.25) is 0 Å². The van der Waals surface area contributed by atoms with Gasteiger partial charge in [0.1, 0.15) is 5.76 Å². The minimum atomic E-state index is -0.0438. The first-order chi connectivity index (χ1) is 12.7. The van der Waals surface area contributed by atoms with E-state index in [9.17, 15) is 4.79 Å². The minimum Gasteiger partial charge on any atom is -0.469 e. The Balaban J connectivity index is 1.54. The van der Waals surface area contributed by atoms with Crippen molar-refractivity contribution in [2.24, 2.45) is 5.41 Å². The number of likely N-dealkylation sites (tertiary alicyclic amines) is 1. The van der Waals surface area contributed by atoms with Crippen LogP contribution >= 0.6 is 0 Å². The molecule has 6 heteroatoms. The maximum absolute atomic E-state index is 12.9. The molecule has 2 aliphatic rings. The van der Waals surface area contributed by atoms with E-state index < -0.39 is 0 Å². The molecule has 1 atom stereocenters. The van der Waals surface area contributed by atoms with E-state index in [-0.39, 0.29) is 11.3 Å². The number of piperidine rings is 1. The standard InChI is InChI=1S/C20H25N3O3/c1-16-18(5-10-26-16)19(24)23-8-3-6-20(14-23)13-22(9-11-25-15-20)17-4-2-7-21-12-17/h2,4-5,7,10,12H,3,6,8-9,11,13-15H2,1H3. The first kappa shape index (κ1) is 17.1. The van der Waals surface area contributed by atoms with Crippen molar-refractivity contribution in [3.8, 4) is 0 Å². The Labute approximate surface area is 153 Å². The second-order valence-corrected chi connectivity index (χ2v) is 7.41. The average Bonchev–Trinajstić information content (AvgIpc) is 3.00. The summed E-state index contributed by atoms with van der Waals surface area (Å²) in [7, 11) is 0. The van der Waals surface area contributed by atoms with Gasteiger partial charge in [-0.1, -0.05) is 0 Å². The first-order valence-corrected chi connectivity index (χ1v) is 9.23. The Kier molecular flexibility index (Phi) is 4.68. The minimum absolute atomic E-state index is 0.0438. The van der Waals surface area contributed by atoms with Gasteiger partial charge in [0, 0.05) is 37.8 Å². The molecule has 4 heterocycles. The maximum atomic E-state index is 12.9. The number of amides is 1. The lowest BCUT2D eigenvalue weighted by molar-refractivity contribution is 0.0134. The zero-order valence-electron chi connectivity index (χ0n) is 15.2. The number of aryl methyl sites for hydroxylation is 1. The first-order valence-electron chi connectivity index (χ1n) is 9.23. The smallest absolute Gasteiger partial charge is 0.257 e. The Morgan fingerprint density at radius 1 is 1.27 bits per heavy atom. The lowest BCUT2D eigenvalue weighted by Gasteiger charge is -2.43. The van der Waals surface area contributed by atoms with Crippen LogP contribution in [0, 0.1) is 12.3 Å². The molecule has 138 valence electrons. The van der Waals surface area contributed by atoms with Crippen LogP contribution in [0.15, 0.2) is 41.3 Å². The van der Waals surface area contributed by atoms with Crippen molar-refractivity contribution < 1.29 is 13.9 Å². The molecule has 0 aromatic carbocycles. The maximum Gasteiger partial charge on any atom is 0.257 e. The lowest BCUT2D eigenvalue weighted by Crippen LogP contribution is -2.52. The molecule has 2 aromatic rings. The summed E-state index contributed by atoms with van der Waals surface area (Å²) in [5.74, 6) is 0.747. The van der Waals surface area contributed by atoms with Crippen molar-refractivity contribution in [1.29, 1.82) is 0 Å². The van der Waals surface area contributed by atoms with Crippen LogP contribution in [0.5, 0.6) is 0 Å². The van der Waals surface area contributed by atoms with Crippen LogP contribution in [0.25, 0.3) is 0 Å². The largest absolute Gasteiger partial charge is 0.469 e. The number of rotatable bonds is 2. The zero-order valence-corrected chi connectivity index (χ0v) is 15.2. The highest BCUT2D eigenvalue weighted by molar-refractivity contribution is 5.95. The molecule has 2 aliphatic heterocycles. The molecule has 2 aromatic heterocycles. The van der Waals surface area contributed by atoms with Crippen LogP contribution in [-0.2, 0) is 4.74 Å². The van der Waals surface area contributed by atoms with Crippen molar-refractivity contribution in [3.05, 3.63) is 48.2 Å². The molecule has 1 amide bonds. The number of hydrogen-bond donors (Lipinski definition) is 0. The Morgan fingerprint density at radius 3 is 2.96 bits per heavy atom. The van der Waals surface area contributed by atoms with Crippen LogP contribution in [0.3, 0.4) is 0 Å². The van der Waals surface area contributed by atoms with Gasteiger partial charge in [0.15, 0.2) is 0 Å². The van der Waals surface area contributed by atoms with E-state index in [1.165, 1.54) is 0 Å². The van der Waals surface area contributed by atoms with E-state index in [0.29, 0.717) is 31.1 Å². The summed E-state index contributed by atoms with van der Waals surface area (Å²) < 4.78 is 11.3. The van der Waals surface area contributed by atoms with Crippen LogP contribution in [0.4, 0.5) is 5.69 Å². The van der Waals surface area contributed by atoms with E-state index in [0.717, 1.165) is 38.2 Å². The van der Waals surface area contributed by atoms with Gasteiger partial charge in [-0.05, 0) is 38.0 Å². The molecule has 6 nitrogen and oxygen atoms in total. The van der Waals surface area contributed by atoms with E-state index in [4.69, 9.17) is 9.15 Å². The molecule has 0 saturated carbocycles. The molecule has 0 aliphatic carbocycles. The number of carbonyl (C=O) groups is 1. The summed E-state index contributed by atoms with van der Waals surface area (Å²) in [5.41, 5.74) is 1.74. The van der Waals surface area contributed by atoms with Crippen LogP contribution < -0.4 is 4.90 Å². The number of hydrogen-bond acceptors (Lipinski definition) is 5. The fourth-order valence-corrected chi connectivity index (χ4v) is 4.16. The molecule has 4 rings (SSSR count). The molecule has 1 spiro atoms. The molecule has 1 unspecified atom stereocenters. The lowest BCUT2D eigenvalue weighted by atomic mass is 9.79. The second-order valence-electron chi connectivity index (χ2n) is 7.41. The predicted octanol–water partition coefficient (Wildman–Crippen LogP) is 2.74. The summed E-state index contributed by atoms with van der Waals surface area (Å²) in [6.07, 6.45) is 7.34. The quantitative estimate of drug-likeness (QED) is 0.829. The third kappa shape index (κ3) is 3.33. The molecular weight excluding hydrogens is 330 g/mol. The van der Waals surface area contributed by atoms with Crippen molar-refractivity contribution in [3.63, 3.8) is 0 Å². The fourth-order valence-electron chi connectivity index (χ4n) is 4.16. The summed E-state index contributed by atoms with van der Waals surface area (Å²) in [4.78, 5) is 21.5. The van der Waals surface area contributed by atoms with Crippen LogP contribution in [0.1, 0.15) is 29.0 Å². The highest BCUT2D eigenvalue weighted by Gasteiger charge is 2.40. The van der Waals surface area contributed by atoms with E-state index in [2.05, 4.69) is 16.0 Å². The van der Waals surface area contributed by atoms with Gasteiger partial charge in [-0.3, -0.25) is 9.78 Å². The van der Waals surface area contributed by atoms with Crippen molar-refractivity contribution in [2.45, 2.75) is 19.8 Å². The van der Waals surface area contributed by atoms with Crippen LogP contribution in [0.2, 0.25) is 0 Å². The van der Waals surface area contributed by atoms with Gasteiger partial charge in [0.05, 0.1) is 36.9 Å². The van der Waals surface area contributed by atoms with Gasteiger partial charge in [-0.25, -0.2) is 0 Å². The van der Waals surface area contributed by atoms with Crippen LogP contribution in [-0.4, -0.2) is 55.2 Å². The molecule has 0 bridgehead atoms. The van der Waals surface area contributed by atoms with Gasteiger partial charge >= 0.3 is 0 Å². The molecule has 0 N–H and O–H groups in total. The molecular formula is C20H25N3O3. The summed E-state index contributed by atoms with van der Waals surface area (Å²) in [6.45, 7) is 6.47. The highest BCUT2D eigenvalue weighted by Crippen LogP contribution is 2.35. The molecule has 2 saturated heterocycles. The molecule has 0 radical (unpaired) electrons. The Bertz CT molecular complexity index is 761. The number of carbonyl (C=O) groups excluding carboxylic acids is 1. The Morgan fingerprint density at radius 2 is 2.19 bits per heavy atom. The van der Waals surface area contributed by atoms with Crippen molar-refractivity contribution >= 4 is 11.6 Å². The topological polar surface area (TPSA) is 58.8 Å². The number of nitrogens with zero attached hydrogens (tertiary/aromatic N) is 3. The van der Waals surface area contributed by atoms with Crippen molar-refractivity contribution in [2.75, 3.05) is 44.3 Å². The second kappa shape index (κ2) is 7.11. The van der Waals surface area contributed by atoms with Crippen molar-refractivity contribution in [1.82, 2.24) is 9.88 Å². The van der Waals surface area contributed by atoms with Gasteiger partial charge in [-0.15, -0.1) is 0 Å². The third-order valence-electron chi connectivity index (χ3n) is 5.49. The zero-order chi connectivity index (χ0) is 18.0. The monoisotopic (exact) mass is 355 g/mol. The van der Waals surface area contributed by atoms with Gasteiger partial charge in [0.25, 0.3) is 5.91 Å².